The summed E-state index contributed by atoms with van der Waals surface area (Å²) in [6.45, 7) is 4.73. The number of hydrogen-bond donors (Lipinski definition) is 1. The van der Waals surface area contributed by atoms with Crippen molar-refractivity contribution in [1.29, 1.82) is 0 Å². The van der Waals surface area contributed by atoms with Crippen molar-refractivity contribution in [3.8, 4) is 0 Å². The first-order chi connectivity index (χ1) is 10.6. The molecule has 0 saturated heterocycles. The number of benzene rings is 1. The maximum Gasteiger partial charge on any atom is 0.280 e. The molecule has 2 heterocycles. The Morgan fingerprint density at radius 1 is 1.36 bits per heavy atom. The van der Waals surface area contributed by atoms with E-state index in [1.807, 2.05) is 24.3 Å². The molecule has 7 heteroatoms. The van der Waals surface area contributed by atoms with Crippen LogP contribution in [-0.2, 0) is 6.54 Å². The van der Waals surface area contributed by atoms with Gasteiger partial charge < -0.3 is 5.32 Å². The third-order valence-corrected chi connectivity index (χ3v) is 4.49. The van der Waals surface area contributed by atoms with Gasteiger partial charge in [0, 0.05) is 0 Å². The van der Waals surface area contributed by atoms with E-state index in [9.17, 15) is 4.79 Å². The zero-order valence-electron chi connectivity index (χ0n) is 12.4. The molecule has 0 aliphatic heterocycles. The lowest BCUT2D eigenvalue weighted by atomic mass is 10.0. The number of rotatable bonds is 5. The van der Waals surface area contributed by atoms with E-state index in [-0.39, 0.29) is 17.9 Å². The third-order valence-electron chi connectivity index (χ3n) is 3.46. The number of amides is 1. The van der Waals surface area contributed by atoms with Crippen LogP contribution in [-0.4, -0.2) is 31.7 Å². The molecule has 1 N–H and O–H groups in total. The van der Waals surface area contributed by atoms with Gasteiger partial charge in [-0.3, -0.25) is 9.48 Å². The van der Waals surface area contributed by atoms with Crippen LogP contribution in [0.15, 0.2) is 36.9 Å². The van der Waals surface area contributed by atoms with Gasteiger partial charge in [0.05, 0.1) is 22.8 Å². The number of hydrogen-bond acceptors (Lipinski definition) is 5. The van der Waals surface area contributed by atoms with Gasteiger partial charge in [-0.25, -0.2) is 9.97 Å². The van der Waals surface area contributed by atoms with Crippen molar-refractivity contribution in [2.45, 2.75) is 26.4 Å². The Bertz CT molecular complexity index is 732. The second-order valence-corrected chi connectivity index (χ2v) is 6.46. The van der Waals surface area contributed by atoms with Gasteiger partial charge in [0.2, 0.25) is 0 Å². The lowest BCUT2D eigenvalue weighted by molar-refractivity contribution is 0.0919. The van der Waals surface area contributed by atoms with E-state index in [0.29, 0.717) is 11.6 Å². The number of nitrogens with one attached hydrogen (secondary N) is 1. The van der Waals surface area contributed by atoms with E-state index in [1.165, 1.54) is 17.7 Å². The molecule has 3 aromatic rings. The van der Waals surface area contributed by atoms with Crippen molar-refractivity contribution in [1.82, 2.24) is 25.1 Å². The van der Waals surface area contributed by atoms with Crippen LogP contribution in [0.5, 0.6) is 0 Å². The lowest BCUT2D eigenvalue weighted by Crippen LogP contribution is -2.41. The second-order valence-electron chi connectivity index (χ2n) is 5.43. The molecule has 0 saturated carbocycles. The third kappa shape index (κ3) is 3.14. The molecular weight excluding hydrogens is 298 g/mol. The van der Waals surface area contributed by atoms with E-state index >= 15 is 0 Å². The number of nitrogens with zero attached hydrogens (tertiary/aromatic N) is 4. The monoisotopic (exact) mass is 315 g/mol. The van der Waals surface area contributed by atoms with Crippen LogP contribution in [0.4, 0.5) is 0 Å². The number of carbonyl (C=O) groups excluding carboxylic acids is 1. The average molecular weight is 315 g/mol. The molecule has 0 radical (unpaired) electrons. The van der Waals surface area contributed by atoms with E-state index in [1.54, 1.807) is 11.0 Å². The van der Waals surface area contributed by atoms with Crippen molar-refractivity contribution in [3.63, 3.8) is 0 Å². The van der Waals surface area contributed by atoms with Gasteiger partial charge in [-0.2, -0.15) is 5.10 Å². The second kappa shape index (κ2) is 6.23. The molecule has 6 nitrogen and oxygen atoms in total. The zero-order valence-corrected chi connectivity index (χ0v) is 13.2. The molecule has 1 unspecified atom stereocenters. The van der Waals surface area contributed by atoms with Crippen LogP contribution >= 0.6 is 11.3 Å². The van der Waals surface area contributed by atoms with Crippen LogP contribution in [0.25, 0.3) is 10.2 Å². The van der Waals surface area contributed by atoms with Gasteiger partial charge in [0.25, 0.3) is 5.91 Å². The normalized spacial score (nSPS) is 12.7. The maximum absolute atomic E-state index is 12.4. The summed E-state index contributed by atoms with van der Waals surface area (Å²) in [5.41, 5.74) is 0.857. The molecule has 0 bridgehead atoms. The lowest BCUT2D eigenvalue weighted by Gasteiger charge is -2.21. The Labute approximate surface area is 132 Å². The molecule has 3 rings (SSSR count). The summed E-state index contributed by atoms with van der Waals surface area (Å²) in [4.78, 5) is 20.8. The van der Waals surface area contributed by atoms with Crippen LogP contribution in [0.2, 0.25) is 0 Å². The first-order valence-electron chi connectivity index (χ1n) is 7.12. The smallest absolute Gasteiger partial charge is 0.280 e. The van der Waals surface area contributed by atoms with Gasteiger partial charge in [-0.15, -0.1) is 11.3 Å². The molecule has 22 heavy (non-hydrogen) atoms. The van der Waals surface area contributed by atoms with Crippen molar-refractivity contribution in [2.24, 2.45) is 5.92 Å². The molecule has 114 valence electrons. The van der Waals surface area contributed by atoms with Crippen molar-refractivity contribution in [2.75, 3.05) is 0 Å². The number of fused-ring (bicyclic) bond motifs is 1. The Hall–Kier alpha value is -2.28. The van der Waals surface area contributed by atoms with E-state index < -0.39 is 0 Å². The van der Waals surface area contributed by atoms with Crippen molar-refractivity contribution in [3.05, 3.63) is 41.9 Å². The number of para-hydroxylation sites is 1. The molecular formula is C15H17N5OS. The molecule has 1 atom stereocenters. The average Bonchev–Trinajstić information content (AvgIpc) is 3.15. The summed E-state index contributed by atoms with van der Waals surface area (Å²) in [7, 11) is 0. The highest BCUT2D eigenvalue weighted by Crippen LogP contribution is 2.21. The topological polar surface area (TPSA) is 72.7 Å². The number of carbonyl (C=O) groups is 1. The first kappa shape index (κ1) is 14.6. The minimum Gasteiger partial charge on any atom is -0.345 e. The fourth-order valence-electron chi connectivity index (χ4n) is 2.15. The van der Waals surface area contributed by atoms with Gasteiger partial charge in [-0.05, 0) is 18.1 Å². The van der Waals surface area contributed by atoms with E-state index in [4.69, 9.17) is 0 Å². The van der Waals surface area contributed by atoms with E-state index in [2.05, 4.69) is 34.2 Å². The van der Waals surface area contributed by atoms with Crippen molar-refractivity contribution < 1.29 is 4.79 Å². The molecule has 1 aromatic carbocycles. The van der Waals surface area contributed by atoms with Crippen LogP contribution in [0.3, 0.4) is 0 Å². The van der Waals surface area contributed by atoms with Crippen LogP contribution in [0, 0.1) is 5.92 Å². The standard InChI is InChI=1S/C15H17N5OS/c1-10(2)12(7-20-9-16-8-17-20)18-14(21)15-19-11-5-3-4-6-13(11)22-15/h3-6,8-10,12H,7H2,1-2H3,(H,18,21). The molecule has 0 spiro atoms. The highest BCUT2D eigenvalue weighted by atomic mass is 32.1. The maximum atomic E-state index is 12.4. The minimum atomic E-state index is -0.139. The Morgan fingerprint density at radius 2 is 2.18 bits per heavy atom. The highest BCUT2D eigenvalue weighted by Gasteiger charge is 2.20. The summed E-state index contributed by atoms with van der Waals surface area (Å²) in [5, 5.41) is 7.64. The fraction of sp³-hybridized carbons (Fsp3) is 0.333. The Balaban J connectivity index is 1.75. The van der Waals surface area contributed by atoms with Gasteiger partial charge in [-0.1, -0.05) is 26.0 Å². The highest BCUT2D eigenvalue weighted by molar-refractivity contribution is 7.20. The zero-order chi connectivity index (χ0) is 15.5. The quantitative estimate of drug-likeness (QED) is 0.784. The Kier molecular flexibility index (Phi) is 4.15. The number of aromatic nitrogens is 4. The predicted molar refractivity (Wildman–Crippen MR) is 85.7 cm³/mol. The summed E-state index contributed by atoms with van der Waals surface area (Å²) < 4.78 is 2.74. The van der Waals surface area contributed by atoms with E-state index in [0.717, 1.165) is 10.2 Å². The summed E-state index contributed by atoms with van der Waals surface area (Å²) in [6.07, 6.45) is 3.14. The predicted octanol–water partition coefficient (Wildman–Crippen LogP) is 2.34. The summed E-state index contributed by atoms with van der Waals surface area (Å²) in [5.74, 6) is 0.141. The Morgan fingerprint density at radius 3 is 2.86 bits per heavy atom. The van der Waals surface area contributed by atoms with Gasteiger partial charge >= 0.3 is 0 Å². The van der Waals surface area contributed by atoms with Gasteiger partial charge in [0.1, 0.15) is 12.7 Å². The molecule has 1 amide bonds. The summed E-state index contributed by atoms with van der Waals surface area (Å²) >= 11 is 1.41. The molecule has 0 aliphatic rings. The molecule has 0 fully saturated rings. The van der Waals surface area contributed by atoms with Crippen molar-refractivity contribution >= 4 is 27.5 Å². The SMILES string of the molecule is CC(C)C(Cn1cncn1)NC(=O)c1nc2ccccc2s1. The van der Waals surface area contributed by atoms with Crippen LogP contribution in [0.1, 0.15) is 23.6 Å². The minimum absolute atomic E-state index is 0.0267. The fourth-order valence-corrected chi connectivity index (χ4v) is 3.02. The summed E-state index contributed by atoms with van der Waals surface area (Å²) in [6, 6.07) is 7.73. The van der Waals surface area contributed by atoms with Gasteiger partial charge in [0.15, 0.2) is 5.01 Å². The molecule has 2 aromatic heterocycles. The van der Waals surface area contributed by atoms with Crippen LogP contribution < -0.4 is 5.32 Å². The number of thiazole rings is 1. The largest absolute Gasteiger partial charge is 0.345 e. The molecule has 0 aliphatic carbocycles. The first-order valence-corrected chi connectivity index (χ1v) is 7.94.